The highest BCUT2D eigenvalue weighted by Gasteiger charge is 2.17. The summed E-state index contributed by atoms with van der Waals surface area (Å²) in [4.78, 5) is 6.67. The third-order valence-electron chi connectivity index (χ3n) is 8.35. The van der Waals surface area contributed by atoms with Gasteiger partial charge in [0.1, 0.15) is 11.2 Å². The Kier molecular flexibility index (Phi) is 5.37. The number of rotatable bonds is 4. The van der Waals surface area contributed by atoms with E-state index >= 15 is 0 Å². The van der Waals surface area contributed by atoms with Crippen molar-refractivity contribution in [3.63, 3.8) is 0 Å². The molecule has 9 rings (SSSR count). The Balaban J connectivity index is 1.22. The highest BCUT2D eigenvalue weighted by Crippen LogP contribution is 2.42. The van der Waals surface area contributed by atoms with Crippen LogP contribution in [0.15, 0.2) is 150 Å². The number of thiophene rings is 1. The van der Waals surface area contributed by atoms with Crippen molar-refractivity contribution in [1.29, 1.82) is 0 Å². The maximum atomic E-state index is 6.32. The second-order valence-electron chi connectivity index (χ2n) is 10.8. The van der Waals surface area contributed by atoms with Crippen LogP contribution in [0, 0.1) is 0 Å². The lowest BCUT2D eigenvalue weighted by Gasteiger charge is -2.26. The van der Waals surface area contributed by atoms with E-state index in [-0.39, 0.29) is 0 Å². The average molecular weight is 569 g/mol. The normalized spacial score (nSPS) is 11.7. The van der Waals surface area contributed by atoms with Crippen LogP contribution in [0.5, 0.6) is 0 Å². The molecule has 43 heavy (non-hydrogen) atoms. The van der Waals surface area contributed by atoms with E-state index < -0.39 is 0 Å². The molecule has 0 N–H and O–H groups in total. The standard InChI is InChI=1S/C39H24N2OS/c1-2-6-25(7-3-1)26-10-13-28(14-11-26)41(30-16-19-33-32-8-4-5-9-37(32)43-38(33)23-30)29-15-18-31-27(22-29)12-17-34-35-24-40-21-20-36(35)42-39(31)34/h1-24H. The maximum absolute atomic E-state index is 6.32. The Morgan fingerprint density at radius 3 is 2.09 bits per heavy atom. The summed E-state index contributed by atoms with van der Waals surface area (Å²) in [5.41, 5.74) is 7.50. The molecule has 0 amide bonds. The first-order valence-corrected chi connectivity index (χ1v) is 15.2. The van der Waals surface area contributed by atoms with Crippen molar-refractivity contribution in [2.75, 3.05) is 4.90 Å². The average Bonchev–Trinajstić information content (AvgIpc) is 3.64. The second-order valence-corrected chi connectivity index (χ2v) is 11.9. The maximum Gasteiger partial charge on any atom is 0.143 e. The van der Waals surface area contributed by atoms with Gasteiger partial charge >= 0.3 is 0 Å². The number of benzene rings is 6. The summed E-state index contributed by atoms with van der Waals surface area (Å²) in [7, 11) is 0. The minimum atomic E-state index is 0.860. The second kappa shape index (κ2) is 9.55. The molecule has 3 aromatic heterocycles. The van der Waals surface area contributed by atoms with E-state index in [1.807, 2.05) is 23.6 Å². The molecular weight excluding hydrogens is 545 g/mol. The highest BCUT2D eigenvalue weighted by molar-refractivity contribution is 7.25. The monoisotopic (exact) mass is 568 g/mol. The molecule has 0 aliphatic rings. The van der Waals surface area contributed by atoms with Gasteiger partial charge < -0.3 is 9.32 Å². The van der Waals surface area contributed by atoms with Crippen molar-refractivity contribution in [1.82, 2.24) is 4.98 Å². The van der Waals surface area contributed by atoms with E-state index in [1.165, 1.54) is 31.3 Å². The van der Waals surface area contributed by atoms with E-state index in [9.17, 15) is 0 Å². The molecule has 0 aliphatic carbocycles. The Morgan fingerprint density at radius 2 is 1.21 bits per heavy atom. The Labute approximate surface area is 251 Å². The fourth-order valence-electron chi connectivity index (χ4n) is 6.27. The molecule has 0 radical (unpaired) electrons. The van der Waals surface area contributed by atoms with Crippen LogP contribution < -0.4 is 4.90 Å². The van der Waals surface area contributed by atoms with E-state index in [1.54, 1.807) is 6.20 Å². The molecule has 9 aromatic rings. The van der Waals surface area contributed by atoms with E-state index in [0.29, 0.717) is 0 Å². The molecular formula is C39H24N2OS. The van der Waals surface area contributed by atoms with Crippen molar-refractivity contribution < 1.29 is 4.42 Å². The zero-order chi connectivity index (χ0) is 28.3. The summed E-state index contributed by atoms with van der Waals surface area (Å²) >= 11 is 1.85. The topological polar surface area (TPSA) is 29.3 Å². The predicted octanol–water partition coefficient (Wildman–Crippen LogP) is 11.6. The molecule has 0 saturated heterocycles. The van der Waals surface area contributed by atoms with Gasteiger partial charge in [-0.3, -0.25) is 4.98 Å². The lowest BCUT2D eigenvalue weighted by atomic mass is 10.0. The van der Waals surface area contributed by atoms with Crippen LogP contribution in [0.1, 0.15) is 0 Å². The van der Waals surface area contributed by atoms with Crippen LogP contribution in [0.25, 0.3) is 64.0 Å². The number of aromatic nitrogens is 1. The molecule has 0 saturated carbocycles. The number of hydrogen-bond donors (Lipinski definition) is 0. The molecule has 3 nitrogen and oxygen atoms in total. The summed E-state index contributed by atoms with van der Waals surface area (Å²) < 4.78 is 8.91. The quantitative estimate of drug-likeness (QED) is 0.211. The van der Waals surface area contributed by atoms with E-state index in [0.717, 1.165) is 49.8 Å². The summed E-state index contributed by atoms with van der Waals surface area (Å²) in [6.45, 7) is 0. The van der Waals surface area contributed by atoms with Gasteiger partial charge in [0, 0.05) is 65.8 Å². The van der Waals surface area contributed by atoms with Crippen LogP contribution in [0.4, 0.5) is 17.1 Å². The van der Waals surface area contributed by atoms with Gasteiger partial charge in [-0.1, -0.05) is 72.8 Å². The van der Waals surface area contributed by atoms with Gasteiger partial charge in [-0.05, 0) is 77.2 Å². The fourth-order valence-corrected chi connectivity index (χ4v) is 7.41. The Bertz CT molecular complexity index is 2460. The molecule has 6 aromatic carbocycles. The Hall–Kier alpha value is -5.45. The SMILES string of the molecule is c1ccc(-c2ccc(N(c3ccc4c(ccc5c6cnccc6oc45)c3)c3ccc4c(c3)sc3ccccc34)cc2)cc1. The number of fused-ring (bicyclic) bond motifs is 8. The molecule has 0 spiro atoms. The number of nitrogens with zero attached hydrogens (tertiary/aromatic N) is 2. The number of pyridine rings is 1. The summed E-state index contributed by atoms with van der Waals surface area (Å²) in [5, 5.41) is 6.96. The van der Waals surface area contributed by atoms with Crippen LogP contribution in [0.2, 0.25) is 0 Å². The van der Waals surface area contributed by atoms with Crippen LogP contribution in [-0.4, -0.2) is 4.98 Å². The van der Waals surface area contributed by atoms with Gasteiger partial charge in [0.05, 0.1) is 0 Å². The first kappa shape index (κ1) is 24.2. The van der Waals surface area contributed by atoms with Gasteiger partial charge in [0.15, 0.2) is 0 Å². The van der Waals surface area contributed by atoms with Gasteiger partial charge in [-0.25, -0.2) is 0 Å². The van der Waals surface area contributed by atoms with Crippen molar-refractivity contribution in [3.8, 4) is 11.1 Å². The predicted molar refractivity (Wildman–Crippen MR) is 182 cm³/mol. The third kappa shape index (κ3) is 3.92. The first-order chi connectivity index (χ1) is 21.3. The Morgan fingerprint density at radius 1 is 0.512 bits per heavy atom. The molecule has 202 valence electrons. The molecule has 3 heterocycles. The van der Waals surface area contributed by atoms with Crippen LogP contribution in [0.3, 0.4) is 0 Å². The third-order valence-corrected chi connectivity index (χ3v) is 9.48. The van der Waals surface area contributed by atoms with Crippen molar-refractivity contribution in [3.05, 3.63) is 146 Å². The molecule has 0 atom stereocenters. The summed E-state index contributed by atoms with van der Waals surface area (Å²) in [6, 6.07) is 47.8. The zero-order valence-corrected chi connectivity index (χ0v) is 23.9. The largest absolute Gasteiger partial charge is 0.455 e. The van der Waals surface area contributed by atoms with Crippen LogP contribution in [-0.2, 0) is 0 Å². The van der Waals surface area contributed by atoms with Crippen molar-refractivity contribution in [2.45, 2.75) is 0 Å². The summed E-state index contributed by atoms with van der Waals surface area (Å²) in [5.74, 6) is 0. The van der Waals surface area contributed by atoms with Gasteiger partial charge in [0.2, 0.25) is 0 Å². The molecule has 4 heteroatoms. The number of hydrogen-bond acceptors (Lipinski definition) is 4. The lowest BCUT2D eigenvalue weighted by Crippen LogP contribution is -2.09. The van der Waals surface area contributed by atoms with Gasteiger partial charge in [-0.2, -0.15) is 0 Å². The van der Waals surface area contributed by atoms with E-state index in [4.69, 9.17) is 4.42 Å². The molecule has 0 unspecified atom stereocenters. The van der Waals surface area contributed by atoms with Gasteiger partial charge in [0.25, 0.3) is 0 Å². The summed E-state index contributed by atoms with van der Waals surface area (Å²) in [6.07, 6.45) is 3.66. The highest BCUT2D eigenvalue weighted by atomic mass is 32.1. The smallest absolute Gasteiger partial charge is 0.143 e. The van der Waals surface area contributed by atoms with Crippen molar-refractivity contribution >= 4 is 81.3 Å². The van der Waals surface area contributed by atoms with Crippen LogP contribution >= 0.6 is 11.3 Å². The van der Waals surface area contributed by atoms with Crippen molar-refractivity contribution in [2.24, 2.45) is 0 Å². The molecule has 0 bridgehead atoms. The number of furan rings is 1. The van der Waals surface area contributed by atoms with E-state index in [2.05, 4.69) is 137 Å². The molecule has 0 fully saturated rings. The molecule has 0 aliphatic heterocycles. The minimum absolute atomic E-state index is 0.860. The zero-order valence-electron chi connectivity index (χ0n) is 23.1. The fraction of sp³-hybridized carbons (Fsp3) is 0. The van der Waals surface area contributed by atoms with Gasteiger partial charge in [-0.15, -0.1) is 11.3 Å². The first-order valence-electron chi connectivity index (χ1n) is 14.4. The lowest BCUT2D eigenvalue weighted by molar-refractivity contribution is 0.672. The number of anilines is 3. The minimum Gasteiger partial charge on any atom is -0.455 e.